The molecule has 3 rings (SSSR count). The van der Waals surface area contributed by atoms with E-state index in [1.807, 2.05) is 0 Å². The number of aryl methyl sites for hydroxylation is 1. The summed E-state index contributed by atoms with van der Waals surface area (Å²) < 4.78 is 0. The van der Waals surface area contributed by atoms with Crippen molar-refractivity contribution in [1.29, 1.82) is 0 Å². The molecule has 1 saturated carbocycles. The number of thiophene rings is 1. The van der Waals surface area contributed by atoms with Crippen LogP contribution in [-0.2, 0) is 6.42 Å². The molecule has 0 amide bonds. The maximum absolute atomic E-state index is 6.10. The molecule has 5 heteroatoms. The van der Waals surface area contributed by atoms with Crippen LogP contribution in [0.15, 0.2) is 6.07 Å². The third kappa shape index (κ3) is 3.02. The van der Waals surface area contributed by atoms with Crippen molar-refractivity contribution in [3.05, 3.63) is 16.2 Å². The lowest BCUT2D eigenvalue weighted by molar-refractivity contribution is 0.253. The molecule has 3 nitrogen and oxygen atoms in total. The molecule has 2 aromatic heterocycles. The Hall–Kier alpha value is -0.870. The summed E-state index contributed by atoms with van der Waals surface area (Å²) in [7, 11) is 0. The Morgan fingerprint density at radius 1 is 1.33 bits per heavy atom. The summed E-state index contributed by atoms with van der Waals surface area (Å²) in [5.74, 6) is 2.33. The highest BCUT2D eigenvalue weighted by atomic mass is 35.5. The van der Waals surface area contributed by atoms with Gasteiger partial charge in [0.15, 0.2) is 0 Å². The Labute approximate surface area is 135 Å². The Balaban J connectivity index is 1.94. The molecule has 0 aromatic carbocycles. The minimum atomic E-state index is 0.339. The number of anilines is 1. The maximum atomic E-state index is 6.10. The highest BCUT2D eigenvalue weighted by Crippen LogP contribution is 2.35. The number of aromatic nitrogens is 2. The van der Waals surface area contributed by atoms with E-state index in [0.717, 1.165) is 28.4 Å². The Bertz CT molecular complexity index is 640. The van der Waals surface area contributed by atoms with Gasteiger partial charge in [0.25, 0.3) is 0 Å². The molecule has 0 bridgehead atoms. The van der Waals surface area contributed by atoms with Crippen LogP contribution in [0, 0.1) is 11.8 Å². The molecule has 1 fully saturated rings. The van der Waals surface area contributed by atoms with Crippen molar-refractivity contribution in [1.82, 2.24) is 9.97 Å². The molecule has 0 saturated heterocycles. The van der Waals surface area contributed by atoms with Gasteiger partial charge >= 0.3 is 0 Å². The predicted octanol–water partition coefficient (Wildman–Crippen LogP) is 5.14. The fourth-order valence-electron chi connectivity index (χ4n) is 3.19. The molecule has 1 aliphatic rings. The second-order valence-electron chi connectivity index (χ2n) is 6.14. The van der Waals surface area contributed by atoms with Gasteiger partial charge in [-0.25, -0.2) is 9.97 Å². The van der Waals surface area contributed by atoms with Crippen LogP contribution in [0.2, 0.25) is 5.28 Å². The molecule has 114 valence electrons. The quantitative estimate of drug-likeness (QED) is 0.794. The molecule has 1 N–H and O–H groups in total. The zero-order valence-corrected chi connectivity index (χ0v) is 14.4. The Kier molecular flexibility index (Phi) is 4.36. The fraction of sp³-hybridized carbons (Fsp3) is 0.625. The summed E-state index contributed by atoms with van der Waals surface area (Å²) in [6, 6.07) is 2.68. The smallest absolute Gasteiger partial charge is 0.225 e. The van der Waals surface area contributed by atoms with Gasteiger partial charge in [0.05, 0.1) is 5.39 Å². The highest BCUT2D eigenvalue weighted by Gasteiger charge is 2.27. The van der Waals surface area contributed by atoms with Gasteiger partial charge in [0, 0.05) is 10.9 Å². The summed E-state index contributed by atoms with van der Waals surface area (Å²) in [6.45, 7) is 6.85. The third-order valence-corrected chi connectivity index (χ3v) is 6.14. The van der Waals surface area contributed by atoms with Crippen molar-refractivity contribution in [2.24, 2.45) is 11.8 Å². The minimum Gasteiger partial charge on any atom is -0.366 e. The van der Waals surface area contributed by atoms with E-state index in [-0.39, 0.29) is 0 Å². The SMILES string of the molecule is CCc1cc2c(NC3CCCC(C)C3C)nc(Cl)nc2s1. The van der Waals surface area contributed by atoms with Crippen LogP contribution >= 0.6 is 22.9 Å². The molecule has 1 aliphatic carbocycles. The van der Waals surface area contributed by atoms with E-state index in [2.05, 4.69) is 42.1 Å². The minimum absolute atomic E-state index is 0.339. The zero-order chi connectivity index (χ0) is 15.0. The predicted molar refractivity (Wildman–Crippen MR) is 91.4 cm³/mol. The van der Waals surface area contributed by atoms with Crippen LogP contribution in [0.25, 0.3) is 10.2 Å². The number of rotatable bonds is 3. The van der Waals surface area contributed by atoms with E-state index < -0.39 is 0 Å². The molecular formula is C16H22ClN3S. The molecule has 2 heterocycles. The van der Waals surface area contributed by atoms with Crippen molar-refractivity contribution < 1.29 is 0 Å². The first kappa shape index (κ1) is 15.0. The first-order valence-corrected chi connectivity index (χ1v) is 9.00. The zero-order valence-electron chi connectivity index (χ0n) is 12.8. The first-order valence-electron chi connectivity index (χ1n) is 7.81. The van der Waals surface area contributed by atoms with Crippen molar-refractivity contribution in [2.75, 3.05) is 5.32 Å². The van der Waals surface area contributed by atoms with Crippen LogP contribution in [-0.4, -0.2) is 16.0 Å². The lowest BCUT2D eigenvalue weighted by Crippen LogP contribution is -2.35. The lowest BCUT2D eigenvalue weighted by atomic mass is 9.78. The van der Waals surface area contributed by atoms with Gasteiger partial charge in [-0.1, -0.05) is 33.6 Å². The molecule has 3 atom stereocenters. The fourth-order valence-corrected chi connectivity index (χ4v) is 4.38. The maximum Gasteiger partial charge on any atom is 0.225 e. The van der Waals surface area contributed by atoms with Gasteiger partial charge in [-0.2, -0.15) is 0 Å². The van der Waals surface area contributed by atoms with E-state index in [1.54, 1.807) is 11.3 Å². The number of halogens is 1. The van der Waals surface area contributed by atoms with E-state index in [1.165, 1.54) is 24.1 Å². The standard InChI is InChI=1S/C16H22ClN3S/c1-4-11-8-12-14(19-16(17)20-15(12)21-11)18-13-7-5-6-9(2)10(13)3/h8-10,13H,4-7H2,1-3H3,(H,18,19,20). The largest absolute Gasteiger partial charge is 0.366 e. The van der Waals surface area contributed by atoms with Crippen LogP contribution in [0.4, 0.5) is 5.82 Å². The van der Waals surface area contributed by atoms with Gasteiger partial charge in [-0.3, -0.25) is 0 Å². The van der Waals surface area contributed by atoms with Gasteiger partial charge in [0.1, 0.15) is 10.6 Å². The van der Waals surface area contributed by atoms with Gasteiger partial charge < -0.3 is 5.32 Å². The summed E-state index contributed by atoms with van der Waals surface area (Å²) in [6.07, 6.45) is 4.85. The molecule has 0 spiro atoms. The second kappa shape index (κ2) is 6.09. The van der Waals surface area contributed by atoms with Crippen LogP contribution in [0.3, 0.4) is 0 Å². The number of hydrogen-bond acceptors (Lipinski definition) is 4. The third-order valence-electron chi connectivity index (χ3n) is 4.79. The Morgan fingerprint density at radius 2 is 2.14 bits per heavy atom. The number of nitrogens with one attached hydrogen (secondary N) is 1. The van der Waals surface area contributed by atoms with Gasteiger partial charge in [0.2, 0.25) is 5.28 Å². The van der Waals surface area contributed by atoms with E-state index in [9.17, 15) is 0 Å². The van der Waals surface area contributed by atoms with Gasteiger partial charge in [-0.15, -0.1) is 11.3 Å². The highest BCUT2D eigenvalue weighted by molar-refractivity contribution is 7.18. The normalized spacial score (nSPS) is 26.2. The number of nitrogens with zero attached hydrogens (tertiary/aromatic N) is 2. The topological polar surface area (TPSA) is 37.8 Å². The number of fused-ring (bicyclic) bond motifs is 1. The molecule has 2 aromatic rings. The van der Waals surface area contributed by atoms with Crippen molar-refractivity contribution in [2.45, 2.75) is 52.5 Å². The average Bonchev–Trinajstić information content (AvgIpc) is 2.87. The van der Waals surface area contributed by atoms with Crippen LogP contribution in [0.1, 0.15) is 44.9 Å². The summed E-state index contributed by atoms with van der Waals surface area (Å²) >= 11 is 7.82. The Morgan fingerprint density at radius 3 is 2.90 bits per heavy atom. The molecule has 3 unspecified atom stereocenters. The molecule has 0 radical (unpaired) electrons. The monoisotopic (exact) mass is 323 g/mol. The van der Waals surface area contributed by atoms with Crippen molar-refractivity contribution >= 4 is 39.0 Å². The summed E-state index contributed by atoms with van der Waals surface area (Å²) in [5.41, 5.74) is 0. The first-order chi connectivity index (χ1) is 10.1. The molecule has 0 aliphatic heterocycles. The lowest BCUT2D eigenvalue weighted by Gasteiger charge is -2.35. The molecular weight excluding hydrogens is 302 g/mol. The molecule has 21 heavy (non-hydrogen) atoms. The van der Waals surface area contributed by atoms with Crippen molar-refractivity contribution in [3.8, 4) is 0 Å². The van der Waals surface area contributed by atoms with Crippen molar-refractivity contribution in [3.63, 3.8) is 0 Å². The summed E-state index contributed by atoms with van der Waals surface area (Å²) in [5, 5.41) is 5.11. The summed E-state index contributed by atoms with van der Waals surface area (Å²) in [4.78, 5) is 11.1. The van der Waals surface area contributed by atoms with E-state index in [4.69, 9.17) is 11.6 Å². The second-order valence-corrected chi connectivity index (χ2v) is 7.60. The van der Waals surface area contributed by atoms with Gasteiger partial charge in [-0.05, 0) is 42.3 Å². The van der Waals surface area contributed by atoms with E-state index in [0.29, 0.717) is 17.2 Å². The van der Waals surface area contributed by atoms with Crippen LogP contribution < -0.4 is 5.32 Å². The van der Waals surface area contributed by atoms with Crippen LogP contribution in [0.5, 0.6) is 0 Å². The average molecular weight is 324 g/mol. The van der Waals surface area contributed by atoms with E-state index >= 15 is 0 Å². The number of hydrogen-bond donors (Lipinski definition) is 1.